The fourth-order valence-corrected chi connectivity index (χ4v) is 2.96. The minimum absolute atomic E-state index is 0.0148. The van der Waals surface area contributed by atoms with E-state index in [0.717, 1.165) is 10.6 Å². The van der Waals surface area contributed by atoms with Gasteiger partial charge in [-0.2, -0.15) is 0 Å². The van der Waals surface area contributed by atoms with E-state index in [1.54, 1.807) is 30.3 Å². The van der Waals surface area contributed by atoms with Crippen LogP contribution >= 0.6 is 11.8 Å². The number of nitro benzene ring substituents is 1. The van der Waals surface area contributed by atoms with Crippen LogP contribution < -0.4 is 0 Å². The quantitative estimate of drug-likeness (QED) is 0.462. The summed E-state index contributed by atoms with van der Waals surface area (Å²) < 4.78 is 0. The number of carbonyl (C=O) groups excluding carboxylic acids is 1. The fraction of sp³-hybridized carbons (Fsp3) is 0.250. The Morgan fingerprint density at radius 2 is 2.00 bits per heavy atom. The average molecular weight is 331 g/mol. The molecule has 2 aromatic rings. The lowest BCUT2D eigenvalue weighted by Gasteiger charge is -2.21. The van der Waals surface area contributed by atoms with Gasteiger partial charge in [0.25, 0.3) is 5.69 Å². The summed E-state index contributed by atoms with van der Waals surface area (Å²) in [7, 11) is 1.72. The number of aromatic nitrogens is 1. The number of hydrogen-bond donors (Lipinski definition) is 0. The van der Waals surface area contributed by atoms with E-state index in [1.165, 1.54) is 23.9 Å². The normalized spacial score (nSPS) is 11.7. The number of pyridine rings is 1. The van der Waals surface area contributed by atoms with Gasteiger partial charge in [0.15, 0.2) is 0 Å². The molecule has 1 aromatic heterocycles. The Hall–Kier alpha value is -2.41. The zero-order chi connectivity index (χ0) is 16.8. The van der Waals surface area contributed by atoms with E-state index >= 15 is 0 Å². The first kappa shape index (κ1) is 17.0. The van der Waals surface area contributed by atoms with Crippen molar-refractivity contribution < 1.29 is 9.72 Å². The number of carbonyl (C=O) groups is 1. The van der Waals surface area contributed by atoms with Gasteiger partial charge in [-0.05, 0) is 24.6 Å². The van der Waals surface area contributed by atoms with Crippen LogP contribution in [0.15, 0.2) is 53.7 Å². The van der Waals surface area contributed by atoms with Gasteiger partial charge in [0.2, 0.25) is 5.91 Å². The first-order chi connectivity index (χ1) is 11.0. The highest BCUT2D eigenvalue weighted by atomic mass is 32.2. The van der Waals surface area contributed by atoms with Crippen molar-refractivity contribution in [2.24, 2.45) is 0 Å². The molecule has 1 atom stereocenters. The molecule has 6 nitrogen and oxygen atoms in total. The standard InChI is InChI=1S/C16H17N3O3S/c1-12(23-15-5-3-4-10-17-15)16(20)18(2)11-13-6-8-14(9-7-13)19(21)22/h3-10,12H,11H2,1-2H3/t12-/m1/s1. The zero-order valence-corrected chi connectivity index (χ0v) is 13.7. The number of nitro groups is 1. The van der Waals surface area contributed by atoms with Crippen LogP contribution in [0.2, 0.25) is 0 Å². The molecule has 0 radical (unpaired) electrons. The first-order valence-corrected chi connectivity index (χ1v) is 7.91. The van der Waals surface area contributed by atoms with Crippen molar-refractivity contribution >= 4 is 23.4 Å². The lowest BCUT2D eigenvalue weighted by molar-refractivity contribution is -0.384. The van der Waals surface area contributed by atoms with Gasteiger partial charge < -0.3 is 4.90 Å². The lowest BCUT2D eigenvalue weighted by Crippen LogP contribution is -2.32. The summed E-state index contributed by atoms with van der Waals surface area (Å²) in [4.78, 5) is 28.4. The third-order valence-electron chi connectivity index (χ3n) is 3.23. The van der Waals surface area contributed by atoms with Gasteiger partial charge in [-0.25, -0.2) is 4.98 Å². The summed E-state index contributed by atoms with van der Waals surface area (Å²) in [6, 6.07) is 11.8. The summed E-state index contributed by atoms with van der Waals surface area (Å²) in [5.41, 5.74) is 0.892. The van der Waals surface area contributed by atoms with Crippen LogP contribution in [0.4, 0.5) is 5.69 Å². The van der Waals surface area contributed by atoms with E-state index in [4.69, 9.17) is 0 Å². The Labute approximate surface area is 138 Å². The highest BCUT2D eigenvalue weighted by Crippen LogP contribution is 2.22. The molecule has 0 saturated carbocycles. The van der Waals surface area contributed by atoms with E-state index in [9.17, 15) is 14.9 Å². The average Bonchev–Trinajstić information content (AvgIpc) is 2.55. The van der Waals surface area contributed by atoms with Crippen LogP contribution in [0, 0.1) is 10.1 Å². The summed E-state index contributed by atoms with van der Waals surface area (Å²) >= 11 is 1.41. The van der Waals surface area contributed by atoms with Crippen molar-refractivity contribution in [2.45, 2.75) is 23.7 Å². The Morgan fingerprint density at radius 1 is 1.30 bits per heavy atom. The highest BCUT2D eigenvalue weighted by molar-refractivity contribution is 8.00. The molecular formula is C16H17N3O3S. The number of non-ortho nitro benzene ring substituents is 1. The Balaban J connectivity index is 1.95. The molecule has 0 aliphatic heterocycles. The molecule has 2 rings (SSSR count). The maximum absolute atomic E-state index is 12.4. The largest absolute Gasteiger partial charge is 0.340 e. The third-order valence-corrected chi connectivity index (χ3v) is 4.26. The van der Waals surface area contributed by atoms with Gasteiger partial charge in [-0.15, -0.1) is 0 Å². The molecule has 1 aromatic carbocycles. The van der Waals surface area contributed by atoms with Gasteiger partial charge in [-0.1, -0.05) is 30.0 Å². The molecule has 0 N–H and O–H groups in total. The molecule has 23 heavy (non-hydrogen) atoms. The molecule has 0 unspecified atom stereocenters. The third kappa shape index (κ3) is 4.79. The number of rotatable bonds is 6. The van der Waals surface area contributed by atoms with Crippen LogP contribution in [-0.4, -0.2) is 33.0 Å². The molecule has 0 aliphatic rings. The number of amides is 1. The van der Waals surface area contributed by atoms with E-state index in [2.05, 4.69) is 4.98 Å². The van der Waals surface area contributed by atoms with Crippen molar-refractivity contribution in [1.82, 2.24) is 9.88 Å². The topological polar surface area (TPSA) is 76.3 Å². The molecule has 0 bridgehead atoms. The molecule has 0 saturated heterocycles. The Bertz CT molecular complexity index is 677. The minimum atomic E-state index is -0.440. The van der Waals surface area contributed by atoms with Crippen LogP contribution in [-0.2, 0) is 11.3 Å². The van der Waals surface area contributed by atoms with Crippen LogP contribution in [0.5, 0.6) is 0 Å². The molecule has 0 spiro atoms. The molecule has 7 heteroatoms. The van der Waals surface area contributed by atoms with Crippen LogP contribution in [0.25, 0.3) is 0 Å². The molecule has 1 amide bonds. The first-order valence-electron chi connectivity index (χ1n) is 7.03. The highest BCUT2D eigenvalue weighted by Gasteiger charge is 2.19. The number of hydrogen-bond acceptors (Lipinski definition) is 5. The molecule has 1 heterocycles. The smallest absolute Gasteiger partial charge is 0.269 e. The van der Waals surface area contributed by atoms with Gasteiger partial charge in [-0.3, -0.25) is 14.9 Å². The maximum Gasteiger partial charge on any atom is 0.269 e. The van der Waals surface area contributed by atoms with Crippen LogP contribution in [0.3, 0.4) is 0 Å². The predicted octanol–water partition coefficient (Wildman–Crippen LogP) is 3.13. The number of benzene rings is 1. The SMILES string of the molecule is C[C@@H](Sc1ccccn1)C(=O)N(C)Cc1ccc([N+](=O)[O-])cc1. The maximum atomic E-state index is 12.4. The summed E-state index contributed by atoms with van der Waals surface area (Å²) in [5.74, 6) is -0.0148. The summed E-state index contributed by atoms with van der Waals surface area (Å²) in [6.07, 6.45) is 1.69. The van der Waals surface area contributed by atoms with Gasteiger partial charge in [0.05, 0.1) is 15.2 Å². The van der Waals surface area contributed by atoms with Gasteiger partial charge >= 0.3 is 0 Å². The Kier molecular flexibility index (Phi) is 5.70. The van der Waals surface area contributed by atoms with Crippen molar-refractivity contribution in [1.29, 1.82) is 0 Å². The molecule has 0 aliphatic carbocycles. The zero-order valence-electron chi connectivity index (χ0n) is 12.9. The number of thioether (sulfide) groups is 1. The summed E-state index contributed by atoms with van der Waals surface area (Å²) in [5, 5.41) is 11.2. The van der Waals surface area contributed by atoms with Crippen molar-refractivity contribution in [3.63, 3.8) is 0 Å². The van der Waals surface area contributed by atoms with E-state index in [-0.39, 0.29) is 16.8 Å². The molecule has 120 valence electrons. The predicted molar refractivity (Wildman–Crippen MR) is 89.1 cm³/mol. The number of nitrogens with zero attached hydrogens (tertiary/aromatic N) is 3. The van der Waals surface area contributed by atoms with Gasteiger partial charge in [0.1, 0.15) is 0 Å². The van der Waals surface area contributed by atoms with E-state index in [0.29, 0.717) is 6.54 Å². The Morgan fingerprint density at radius 3 is 2.57 bits per heavy atom. The van der Waals surface area contributed by atoms with Crippen molar-refractivity contribution in [2.75, 3.05) is 7.05 Å². The summed E-state index contributed by atoms with van der Waals surface area (Å²) in [6.45, 7) is 2.25. The second-order valence-electron chi connectivity index (χ2n) is 5.05. The minimum Gasteiger partial charge on any atom is -0.340 e. The second-order valence-corrected chi connectivity index (χ2v) is 6.41. The monoisotopic (exact) mass is 331 g/mol. The molecular weight excluding hydrogens is 314 g/mol. The van der Waals surface area contributed by atoms with Gasteiger partial charge in [0, 0.05) is 31.9 Å². The van der Waals surface area contributed by atoms with E-state index in [1.807, 2.05) is 25.1 Å². The lowest BCUT2D eigenvalue weighted by atomic mass is 10.2. The second kappa shape index (κ2) is 7.73. The molecule has 0 fully saturated rings. The fourth-order valence-electron chi connectivity index (χ4n) is 2.03. The van der Waals surface area contributed by atoms with Crippen molar-refractivity contribution in [3.8, 4) is 0 Å². The van der Waals surface area contributed by atoms with Crippen molar-refractivity contribution in [3.05, 3.63) is 64.3 Å². The van der Waals surface area contributed by atoms with E-state index < -0.39 is 4.92 Å². The van der Waals surface area contributed by atoms with Crippen LogP contribution in [0.1, 0.15) is 12.5 Å².